The van der Waals surface area contributed by atoms with E-state index in [9.17, 15) is 22.8 Å². The standard InChI is InChI=1S/C13H18F3N3O3/c1-4-10(12(21)22)17-11(20)5-9-7(2)18-19(8(9)3)6-13(14,15)16/h10H,4-6H2,1-3H3,(H,17,20)(H,21,22). The number of hydrogen-bond donors (Lipinski definition) is 2. The SMILES string of the molecule is CCC(NC(=O)Cc1c(C)nn(CC(F)(F)F)c1C)C(=O)O. The van der Waals surface area contributed by atoms with Crippen LogP contribution in [0.5, 0.6) is 0 Å². The number of aromatic nitrogens is 2. The molecular formula is C13H18F3N3O3. The van der Waals surface area contributed by atoms with Gasteiger partial charge in [-0.3, -0.25) is 9.48 Å². The van der Waals surface area contributed by atoms with Crippen molar-refractivity contribution in [2.45, 2.75) is 52.4 Å². The number of hydrogen-bond acceptors (Lipinski definition) is 3. The molecule has 9 heteroatoms. The van der Waals surface area contributed by atoms with Crippen LogP contribution in [0.2, 0.25) is 0 Å². The van der Waals surface area contributed by atoms with E-state index in [4.69, 9.17) is 5.11 Å². The van der Waals surface area contributed by atoms with Crippen LogP contribution in [0.3, 0.4) is 0 Å². The van der Waals surface area contributed by atoms with E-state index >= 15 is 0 Å². The van der Waals surface area contributed by atoms with E-state index in [1.54, 1.807) is 6.92 Å². The highest BCUT2D eigenvalue weighted by atomic mass is 19.4. The second kappa shape index (κ2) is 6.80. The zero-order valence-electron chi connectivity index (χ0n) is 12.5. The molecule has 0 aromatic carbocycles. The molecule has 1 rings (SSSR count). The average Bonchev–Trinajstić information content (AvgIpc) is 2.61. The molecule has 124 valence electrons. The molecule has 0 aliphatic carbocycles. The number of rotatable bonds is 6. The highest BCUT2D eigenvalue weighted by Gasteiger charge is 2.30. The fourth-order valence-corrected chi connectivity index (χ4v) is 2.06. The van der Waals surface area contributed by atoms with Gasteiger partial charge in [0.1, 0.15) is 12.6 Å². The number of carbonyl (C=O) groups excluding carboxylic acids is 1. The van der Waals surface area contributed by atoms with E-state index in [0.29, 0.717) is 11.3 Å². The van der Waals surface area contributed by atoms with Crippen LogP contribution in [0, 0.1) is 13.8 Å². The lowest BCUT2D eigenvalue weighted by atomic mass is 10.1. The summed E-state index contributed by atoms with van der Waals surface area (Å²) in [7, 11) is 0. The Kier molecular flexibility index (Phi) is 5.56. The van der Waals surface area contributed by atoms with E-state index in [1.807, 2.05) is 0 Å². The molecule has 6 nitrogen and oxygen atoms in total. The summed E-state index contributed by atoms with van der Waals surface area (Å²) >= 11 is 0. The van der Waals surface area contributed by atoms with Crippen molar-refractivity contribution in [3.63, 3.8) is 0 Å². The molecule has 0 aliphatic heterocycles. The average molecular weight is 321 g/mol. The minimum atomic E-state index is -4.40. The molecule has 0 saturated heterocycles. The predicted molar refractivity (Wildman–Crippen MR) is 71.3 cm³/mol. The van der Waals surface area contributed by atoms with E-state index in [0.717, 1.165) is 4.68 Å². The summed E-state index contributed by atoms with van der Waals surface area (Å²) in [5.74, 6) is -1.72. The highest BCUT2D eigenvalue weighted by molar-refractivity contribution is 5.85. The van der Waals surface area contributed by atoms with Crippen LogP contribution in [-0.2, 0) is 22.6 Å². The van der Waals surface area contributed by atoms with Gasteiger partial charge in [0.25, 0.3) is 0 Å². The molecule has 0 saturated carbocycles. The molecule has 1 unspecified atom stereocenters. The Morgan fingerprint density at radius 3 is 2.41 bits per heavy atom. The third-order valence-electron chi connectivity index (χ3n) is 3.24. The first-order chi connectivity index (χ1) is 10.0. The van der Waals surface area contributed by atoms with Crippen molar-refractivity contribution in [1.82, 2.24) is 15.1 Å². The molecule has 0 spiro atoms. The molecule has 22 heavy (non-hydrogen) atoms. The van der Waals surface area contributed by atoms with Crippen LogP contribution in [0.4, 0.5) is 13.2 Å². The van der Waals surface area contributed by atoms with Gasteiger partial charge in [-0.25, -0.2) is 4.79 Å². The van der Waals surface area contributed by atoms with Crippen LogP contribution >= 0.6 is 0 Å². The molecule has 2 N–H and O–H groups in total. The molecule has 0 bridgehead atoms. The summed E-state index contributed by atoms with van der Waals surface area (Å²) in [5.41, 5.74) is 0.940. The molecule has 0 aliphatic rings. The van der Waals surface area contributed by atoms with Crippen LogP contribution in [0.1, 0.15) is 30.3 Å². The van der Waals surface area contributed by atoms with Crippen LogP contribution in [0.15, 0.2) is 0 Å². The molecule has 1 amide bonds. The second-order valence-corrected chi connectivity index (χ2v) is 4.97. The molecule has 0 fully saturated rings. The first-order valence-electron chi connectivity index (χ1n) is 6.67. The number of amides is 1. The van der Waals surface area contributed by atoms with Crippen molar-refractivity contribution >= 4 is 11.9 Å². The quantitative estimate of drug-likeness (QED) is 0.833. The molecule has 1 aromatic rings. The minimum Gasteiger partial charge on any atom is -0.480 e. The molecule has 1 aromatic heterocycles. The van der Waals surface area contributed by atoms with Gasteiger partial charge in [0.2, 0.25) is 5.91 Å². The lowest BCUT2D eigenvalue weighted by Crippen LogP contribution is -2.41. The molecular weight excluding hydrogens is 303 g/mol. The lowest BCUT2D eigenvalue weighted by Gasteiger charge is -2.12. The third kappa shape index (κ3) is 4.74. The van der Waals surface area contributed by atoms with Gasteiger partial charge < -0.3 is 10.4 Å². The molecule has 1 atom stereocenters. The molecule has 1 heterocycles. The monoisotopic (exact) mass is 321 g/mol. The summed E-state index contributed by atoms with van der Waals surface area (Å²) in [4.78, 5) is 22.7. The second-order valence-electron chi connectivity index (χ2n) is 4.97. The minimum absolute atomic E-state index is 0.209. The van der Waals surface area contributed by atoms with Crippen LogP contribution in [-0.4, -0.2) is 39.0 Å². The largest absolute Gasteiger partial charge is 0.480 e. The third-order valence-corrected chi connectivity index (χ3v) is 3.24. The maximum atomic E-state index is 12.4. The predicted octanol–water partition coefficient (Wildman–Crippen LogP) is 1.58. The number of aliphatic carboxylic acids is 1. The maximum absolute atomic E-state index is 12.4. The van der Waals surface area contributed by atoms with Crippen molar-refractivity contribution in [3.8, 4) is 0 Å². The van der Waals surface area contributed by atoms with Gasteiger partial charge >= 0.3 is 12.1 Å². The van der Waals surface area contributed by atoms with Gasteiger partial charge in [-0.2, -0.15) is 18.3 Å². The van der Waals surface area contributed by atoms with Crippen LogP contribution < -0.4 is 5.32 Å². The number of nitrogens with one attached hydrogen (secondary N) is 1. The summed E-state index contributed by atoms with van der Waals surface area (Å²) < 4.78 is 38.1. The zero-order chi connectivity index (χ0) is 17.1. The highest BCUT2D eigenvalue weighted by Crippen LogP contribution is 2.21. The summed E-state index contributed by atoms with van der Waals surface area (Å²) in [6.07, 6.45) is -4.40. The van der Waals surface area contributed by atoms with Gasteiger partial charge in [0.05, 0.1) is 12.1 Å². The molecule has 0 radical (unpaired) electrons. The Balaban J connectivity index is 2.86. The number of halogens is 3. The normalized spacial score (nSPS) is 13.0. The number of carbonyl (C=O) groups is 2. The first kappa shape index (κ1) is 18.0. The Bertz CT molecular complexity index is 567. The Labute approximate surface area is 125 Å². The van der Waals surface area contributed by atoms with Gasteiger partial charge in [-0.15, -0.1) is 0 Å². The Hall–Kier alpha value is -2.06. The van der Waals surface area contributed by atoms with E-state index in [1.165, 1.54) is 13.8 Å². The zero-order valence-corrected chi connectivity index (χ0v) is 12.5. The number of nitrogens with zero attached hydrogens (tertiary/aromatic N) is 2. The number of carboxylic acid groups (broad SMARTS) is 1. The maximum Gasteiger partial charge on any atom is 0.408 e. The van der Waals surface area contributed by atoms with E-state index < -0.39 is 30.6 Å². The van der Waals surface area contributed by atoms with E-state index in [-0.39, 0.29) is 18.5 Å². The topological polar surface area (TPSA) is 84.2 Å². The van der Waals surface area contributed by atoms with Gasteiger partial charge in [-0.05, 0) is 20.3 Å². The number of alkyl halides is 3. The first-order valence-corrected chi connectivity index (χ1v) is 6.67. The Morgan fingerprint density at radius 2 is 1.95 bits per heavy atom. The van der Waals surface area contributed by atoms with Crippen molar-refractivity contribution < 1.29 is 27.9 Å². The van der Waals surface area contributed by atoms with Crippen molar-refractivity contribution in [3.05, 3.63) is 17.0 Å². The summed E-state index contributed by atoms with van der Waals surface area (Å²) in [6, 6.07) is -1.02. The van der Waals surface area contributed by atoms with Gasteiger partial charge in [0.15, 0.2) is 0 Å². The lowest BCUT2D eigenvalue weighted by molar-refractivity contribution is -0.143. The Morgan fingerprint density at radius 1 is 1.36 bits per heavy atom. The van der Waals surface area contributed by atoms with Crippen LogP contribution in [0.25, 0.3) is 0 Å². The smallest absolute Gasteiger partial charge is 0.408 e. The van der Waals surface area contributed by atoms with Crippen molar-refractivity contribution in [1.29, 1.82) is 0 Å². The van der Waals surface area contributed by atoms with Crippen molar-refractivity contribution in [2.24, 2.45) is 0 Å². The number of aryl methyl sites for hydroxylation is 1. The van der Waals surface area contributed by atoms with Gasteiger partial charge in [0, 0.05) is 11.3 Å². The summed E-state index contributed by atoms with van der Waals surface area (Å²) in [6.45, 7) is 3.34. The van der Waals surface area contributed by atoms with E-state index in [2.05, 4.69) is 10.4 Å². The van der Waals surface area contributed by atoms with Gasteiger partial charge in [-0.1, -0.05) is 6.92 Å². The fourth-order valence-electron chi connectivity index (χ4n) is 2.06. The van der Waals surface area contributed by atoms with Crippen molar-refractivity contribution in [2.75, 3.05) is 0 Å². The fraction of sp³-hybridized carbons (Fsp3) is 0.615. The number of carboxylic acids is 1. The summed E-state index contributed by atoms with van der Waals surface area (Å²) in [5, 5.41) is 15.0.